The Kier molecular flexibility index (Phi) is 8.43. The van der Waals surface area contributed by atoms with E-state index in [9.17, 15) is 9.18 Å². The lowest BCUT2D eigenvalue weighted by Crippen LogP contribution is -2.37. The van der Waals surface area contributed by atoms with Gasteiger partial charge in [0.2, 0.25) is 0 Å². The summed E-state index contributed by atoms with van der Waals surface area (Å²) in [5.74, 6) is 0.280. The van der Waals surface area contributed by atoms with Crippen LogP contribution in [0.2, 0.25) is 0 Å². The predicted molar refractivity (Wildman–Crippen MR) is 81.8 cm³/mol. The van der Waals surface area contributed by atoms with Crippen LogP contribution in [0, 0.1) is 11.7 Å². The van der Waals surface area contributed by atoms with Gasteiger partial charge in [0, 0.05) is 26.3 Å². The summed E-state index contributed by atoms with van der Waals surface area (Å²) in [7, 11) is 0. The van der Waals surface area contributed by atoms with Crippen LogP contribution in [-0.4, -0.2) is 32.3 Å². The molecule has 0 aromatic heterocycles. The molecule has 0 fully saturated rings. The standard InChI is InChI=1S/C16H25FN2O2/c1-13(2)12-21-10-4-8-18-16(20)19-9-7-14-5-3-6-15(17)11-14/h3,5-6,11,13H,4,7-10,12H2,1-2H3,(H2,18,19,20). The highest BCUT2D eigenvalue weighted by molar-refractivity contribution is 5.73. The highest BCUT2D eigenvalue weighted by Crippen LogP contribution is 2.03. The van der Waals surface area contributed by atoms with Crippen molar-refractivity contribution in [2.24, 2.45) is 5.92 Å². The highest BCUT2D eigenvalue weighted by Gasteiger charge is 2.00. The lowest BCUT2D eigenvalue weighted by Gasteiger charge is -2.09. The van der Waals surface area contributed by atoms with Crippen molar-refractivity contribution in [3.8, 4) is 0 Å². The Morgan fingerprint density at radius 2 is 2.05 bits per heavy atom. The van der Waals surface area contributed by atoms with Gasteiger partial charge in [-0.05, 0) is 36.5 Å². The molecule has 2 amide bonds. The van der Waals surface area contributed by atoms with E-state index in [1.54, 1.807) is 6.07 Å². The first-order chi connectivity index (χ1) is 10.1. The van der Waals surface area contributed by atoms with Gasteiger partial charge in [0.05, 0.1) is 0 Å². The normalized spacial score (nSPS) is 10.7. The zero-order valence-electron chi connectivity index (χ0n) is 12.8. The van der Waals surface area contributed by atoms with Crippen molar-refractivity contribution in [1.29, 1.82) is 0 Å². The minimum absolute atomic E-state index is 0.199. The molecule has 0 bridgehead atoms. The van der Waals surface area contributed by atoms with Crippen LogP contribution in [0.25, 0.3) is 0 Å². The molecule has 5 heteroatoms. The summed E-state index contributed by atoms with van der Waals surface area (Å²) >= 11 is 0. The number of ether oxygens (including phenoxy) is 1. The van der Waals surface area contributed by atoms with Crippen molar-refractivity contribution in [3.63, 3.8) is 0 Å². The number of benzene rings is 1. The molecule has 1 rings (SSSR count). The molecule has 0 aliphatic heterocycles. The van der Waals surface area contributed by atoms with Crippen LogP contribution in [0.4, 0.5) is 9.18 Å². The van der Waals surface area contributed by atoms with E-state index in [4.69, 9.17) is 4.74 Å². The molecule has 0 aliphatic rings. The number of amides is 2. The van der Waals surface area contributed by atoms with Gasteiger partial charge in [-0.15, -0.1) is 0 Å². The van der Waals surface area contributed by atoms with E-state index in [1.165, 1.54) is 12.1 Å². The van der Waals surface area contributed by atoms with Gasteiger partial charge in [-0.25, -0.2) is 9.18 Å². The molecular weight excluding hydrogens is 271 g/mol. The maximum Gasteiger partial charge on any atom is 0.314 e. The second kappa shape index (κ2) is 10.2. The number of halogens is 1. The van der Waals surface area contributed by atoms with E-state index in [0.29, 0.717) is 32.0 Å². The van der Waals surface area contributed by atoms with Gasteiger partial charge < -0.3 is 15.4 Å². The quantitative estimate of drug-likeness (QED) is 0.688. The minimum Gasteiger partial charge on any atom is -0.381 e. The zero-order chi connectivity index (χ0) is 15.5. The number of hydrogen-bond donors (Lipinski definition) is 2. The Balaban J connectivity index is 2.01. The monoisotopic (exact) mass is 296 g/mol. The van der Waals surface area contributed by atoms with Crippen LogP contribution < -0.4 is 10.6 Å². The third-order valence-electron chi connectivity index (χ3n) is 2.79. The van der Waals surface area contributed by atoms with Gasteiger partial charge in [-0.3, -0.25) is 0 Å². The van der Waals surface area contributed by atoms with Crippen LogP contribution >= 0.6 is 0 Å². The molecule has 21 heavy (non-hydrogen) atoms. The first-order valence-corrected chi connectivity index (χ1v) is 7.42. The summed E-state index contributed by atoms with van der Waals surface area (Å²) in [6, 6.07) is 6.20. The molecule has 0 unspecified atom stereocenters. The van der Waals surface area contributed by atoms with Gasteiger partial charge in [0.15, 0.2) is 0 Å². The van der Waals surface area contributed by atoms with Crippen molar-refractivity contribution in [3.05, 3.63) is 35.6 Å². The van der Waals surface area contributed by atoms with E-state index in [2.05, 4.69) is 24.5 Å². The topological polar surface area (TPSA) is 50.4 Å². The Morgan fingerprint density at radius 1 is 1.29 bits per heavy atom. The largest absolute Gasteiger partial charge is 0.381 e. The maximum absolute atomic E-state index is 13.0. The number of carbonyl (C=O) groups excluding carboxylic acids is 1. The number of carbonyl (C=O) groups is 1. The van der Waals surface area contributed by atoms with Gasteiger partial charge >= 0.3 is 6.03 Å². The van der Waals surface area contributed by atoms with E-state index >= 15 is 0 Å². The summed E-state index contributed by atoms with van der Waals surface area (Å²) in [5, 5.41) is 5.51. The second-order valence-electron chi connectivity index (χ2n) is 5.38. The second-order valence-corrected chi connectivity index (χ2v) is 5.38. The molecule has 0 saturated heterocycles. The van der Waals surface area contributed by atoms with Crippen molar-refractivity contribution < 1.29 is 13.9 Å². The first kappa shape index (κ1) is 17.4. The van der Waals surface area contributed by atoms with E-state index < -0.39 is 0 Å². The molecule has 0 atom stereocenters. The predicted octanol–water partition coefficient (Wildman–Crippen LogP) is 2.73. The molecule has 0 heterocycles. The lowest BCUT2D eigenvalue weighted by atomic mass is 10.1. The highest BCUT2D eigenvalue weighted by atomic mass is 19.1. The first-order valence-electron chi connectivity index (χ1n) is 7.42. The number of nitrogens with one attached hydrogen (secondary N) is 2. The molecule has 118 valence electrons. The fourth-order valence-corrected chi connectivity index (χ4v) is 1.77. The maximum atomic E-state index is 13.0. The van der Waals surface area contributed by atoms with Gasteiger partial charge in [0.1, 0.15) is 5.82 Å². The summed E-state index contributed by atoms with van der Waals surface area (Å²) in [6.45, 7) is 6.68. The molecule has 1 aromatic carbocycles. The summed E-state index contributed by atoms with van der Waals surface area (Å²) in [6.07, 6.45) is 1.41. The van der Waals surface area contributed by atoms with Crippen molar-refractivity contribution in [2.45, 2.75) is 26.7 Å². The number of rotatable bonds is 9. The molecule has 0 aliphatic carbocycles. The van der Waals surface area contributed by atoms with E-state index in [-0.39, 0.29) is 11.8 Å². The Labute approximate surface area is 126 Å². The van der Waals surface area contributed by atoms with Crippen LogP contribution in [0.5, 0.6) is 0 Å². The van der Waals surface area contributed by atoms with Crippen molar-refractivity contribution >= 4 is 6.03 Å². The number of urea groups is 1. The third-order valence-corrected chi connectivity index (χ3v) is 2.79. The fraction of sp³-hybridized carbons (Fsp3) is 0.562. The average Bonchev–Trinajstić information content (AvgIpc) is 2.42. The Morgan fingerprint density at radius 3 is 2.76 bits per heavy atom. The van der Waals surface area contributed by atoms with Crippen molar-refractivity contribution in [1.82, 2.24) is 10.6 Å². The number of hydrogen-bond acceptors (Lipinski definition) is 2. The van der Waals surface area contributed by atoms with Crippen LogP contribution in [0.1, 0.15) is 25.8 Å². The van der Waals surface area contributed by atoms with Crippen LogP contribution in [0.3, 0.4) is 0 Å². The Hall–Kier alpha value is -1.62. The van der Waals surface area contributed by atoms with Gasteiger partial charge in [-0.1, -0.05) is 26.0 Å². The summed E-state index contributed by atoms with van der Waals surface area (Å²) in [4.78, 5) is 11.5. The smallest absolute Gasteiger partial charge is 0.314 e. The average molecular weight is 296 g/mol. The summed E-state index contributed by atoms with van der Waals surface area (Å²) in [5.41, 5.74) is 0.873. The summed E-state index contributed by atoms with van der Waals surface area (Å²) < 4.78 is 18.4. The Bertz CT molecular complexity index is 424. The molecule has 1 aromatic rings. The molecule has 2 N–H and O–H groups in total. The third kappa shape index (κ3) is 9.02. The molecule has 0 saturated carbocycles. The van der Waals surface area contributed by atoms with Crippen LogP contribution in [-0.2, 0) is 11.2 Å². The molecular formula is C16H25FN2O2. The van der Waals surface area contributed by atoms with E-state index in [1.807, 2.05) is 6.07 Å². The minimum atomic E-state index is -0.252. The van der Waals surface area contributed by atoms with Gasteiger partial charge in [-0.2, -0.15) is 0 Å². The zero-order valence-corrected chi connectivity index (χ0v) is 12.8. The van der Waals surface area contributed by atoms with Crippen LogP contribution in [0.15, 0.2) is 24.3 Å². The lowest BCUT2D eigenvalue weighted by molar-refractivity contribution is 0.108. The molecule has 0 radical (unpaired) electrons. The molecule has 4 nitrogen and oxygen atoms in total. The fourth-order valence-electron chi connectivity index (χ4n) is 1.77. The van der Waals surface area contributed by atoms with E-state index in [0.717, 1.165) is 18.6 Å². The van der Waals surface area contributed by atoms with Crippen molar-refractivity contribution in [2.75, 3.05) is 26.3 Å². The molecule has 0 spiro atoms. The SMILES string of the molecule is CC(C)COCCCNC(=O)NCCc1cccc(F)c1. The van der Waals surface area contributed by atoms with Gasteiger partial charge in [0.25, 0.3) is 0 Å².